The number of rotatable bonds is 0. The van der Waals surface area contributed by atoms with Gasteiger partial charge in [-0.1, -0.05) is 11.6 Å². The average molecular weight is 335 g/mol. The van der Waals surface area contributed by atoms with E-state index in [1.165, 1.54) is 0 Å². The molecule has 0 radical (unpaired) electrons. The molecule has 0 saturated carbocycles. The molecule has 1 aromatic heterocycles. The van der Waals surface area contributed by atoms with Gasteiger partial charge in [0.1, 0.15) is 0 Å². The molecule has 0 spiro atoms. The number of fused-ring (bicyclic) bond motifs is 1. The Morgan fingerprint density at radius 3 is 2.64 bits per heavy atom. The van der Waals surface area contributed by atoms with Gasteiger partial charge in [0, 0.05) is 16.1 Å². The Hall–Kier alpha value is -0.120. The van der Waals surface area contributed by atoms with Crippen LogP contribution in [0.5, 0.6) is 0 Å². The fourth-order valence-corrected chi connectivity index (χ4v) is 2.53. The van der Waals surface area contributed by atoms with Crippen molar-refractivity contribution < 1.29 is 0 Å². The molecule has 0 fully saturated rings. The number of halogens is 3. The first-order valence-electron chi connectivity index (χ1n) is 3.99. The molecule has 1 aromatic carbocycles. The maximum absolute atomic E-state index is 6.16. The van der Waals surface area contributed by atoms with Gasteiger partial charge in [-0.05, 0) is 56.5 Å². The van der Waals surface area contributed by atoms with Crippen LogP contribution in [0.4, 0.5) is 0 Å². The summed E-state index contributed by atoms with van der Waals surface area (Å²) in [4.78, 5) is 4.30. The number of pyridine rings is 1. The maximum Gasteiger partial charge on any atom is 0.0859 e. The Morgan fingerprint density at radius 1 is 1.21 bits per heavy atom. The van der Waals surface area contributed by atoms with Crippen molar-refractivity contribution in [2.45, 2.75) is 6.92 Å². The first kappa shape index (κ1) is 10.4. The third kappa shape index (κ3) is 1.69. The van der Waals surface area contributed by atoms with Crippen molar-refractivity contribution >= 4 is 54.4 Å². The van der Waals surface area contributed by atoms with Gasteiger partial charge in [0.25, 0.3) is 0 Å². The summed E-state index contributed by atoms with van der Waals surface area (Å²) in [5, 5.41) is 1.67. The third-order valence-corrected chi connectivity index (χ3v) is 3.80. The molecule has 0 N–H and O–H groups in total. The van der Waals surface area contributed by atoms with Crippen molar-refractivity contribution in [1.29, 1.82) is 0 Å². The van der Waals surface area contributed by atoms with E-state index in [-0.39, 0.29) is 0 Å². The van der Waals surface area contributed by atoms with Crippen LogP contribution in [0.25, 0.3) is 10.9 Å². The van der Waals surface area contributed by atoms with Gasteiger partial charge in [0.15, 0.2) is 0 Å². The highest BCUT2D eigenvalue weighted by atomic mass is 79.9. The van der Waals surface area contributed by atoms with E-state index in [1.807, 2.05) is 19.1 Å². The fourth-order valence-electron chi connectivity index (χ4n) is 1.34. The second kappa shape index (κ2) is 3.80. The van der Waals surface area contributed by atoms with Crippen LogP contribution in [0.2, 0.25) is 5.02 Å². The summed E-state index contributed by atoms with van der Waals surface area (Å²) >= 11 is 13.0. The largest absolute Gasteiger partial charge is 0.254 e. The number of nitrogens with zero attached hydrogens (tertiary/aromatic N) is 1. The standard InChI is InChI=1S/C10H6Br2ClN/c1-5-2-6-9(13)8(12)4-14-10(6)7(11)3-5/h2-4H,1H3. The summed E-state index contributed by atoms with van der Waals surface area (Å²) in [5.41, 5.74) is 2.05. The molecule has 0 saturated heterocycles. The molecular formula is C10H6Br2ClN. The van der Waals surface area contributed by atoms with Gasteiger partial charge in [-0.15, -0.1) is 0 Å². The zero-order valence-electron chi connectivity index (χ0n) is 7.31. The fraction of sp³-hybridized carbons (Fsp3) is 0.100. The van der Waals surface area contributed by atoms with Crippen molar-refractivity contribution in [3.63, 3.8) is 0 Å². The minimum atomic E-state index is 0.708. The van der Waals surface area contributed by atoms with Crippen LogP contribution in [0.3, 0.4) is 0 Å². The van der Waals surface area contributed by atoms with E-state index < -0.39 is 0 Å². The molecule has 1 nitrogen and oxygen atoms in total. The van der Waals surface area contributed by atoms with Crippen molar-refractivity contribution in [2.75, 3.05) is 0 Å². The highest BCUT2D eigenvalue weighted by molar-refractivity contribution is 9.11. The molecule has 72 valence electrons. The zero-order chi connectivity index (χ0) is 10.3. The predicted octanol–water partition coefficient (Wildman–Crippen LogP) is 4.72. The van der Waals surface area contributed by atoms with Crippen LogP contribution < -0.4 is 0 Å². The minimum Gasteiger partial charge on any atom is -0.254 e. The lowest BCUT2D eigenvalue weighted by atomic mass is 10.1. The number of hydrogen-bond donors (Lipinski definition) is 0. The Kier molecular flexibility index (Phi) is 2.82. The van der Waals surface area contributed by atoms with Crippen LogP contribution >= 0.6 is 43.5 Å². The van der Waals surface area contributed by atoms with E-state index in [9.17, 15) is 0 Å². The maximum atomic E-state index is 6.16. The van der Waals surface area contributed by atoms with Gasteiger partial charge in [-0.3, -0.25) is 4.98 Å². The number of hydrogen-bond acceptors (Lipinski definition) is 1. The normalized spacial score (nSPS) is 10.9. The van der Waals surface area contributed by atoms with Crippen LogP contribution in [-0.4, -0.2) is 4.98 Å². The molecular weight excluding hydrogens is 329 g/mol. The van der Waals surface area contributed by atoms with Gasteiger partial charge in [0.05, 0.1) is 15.0 Å². The molecule has 2 rings (SSSR count). The third-order valence-electron chi connectivity index (χ3n) is 1.96. The van der Waals surface area contributed by atoms with Crippen LogP contribution in [0.1, 0.15) is 5.56 Å². The molecule has 0 aliphatic heterocycles. The summed E-state index contributed by atoms with van der Waals surface area (Å²) in [6.07, 6.45) is 1.71. The van der Waals surface area contributed by atoms with E-state index in [4.69, 9.17) is 11.6 Å². The van der Waals surface area contributed by atoms with Gasteiger partial charge in [-0.25, -0.2) is 0 Å². The Balaban J connectivity index is 2.95. The van der Waals surface area contributed by atoms with E-state index >= 15 is 0 Å². The molecule has 4 heteroatoms. The van der Waals surface area contributed by atoms with Crippen LogP contribution in [0, 0.1) is 6.92 Å². The SMILES string of the molecule is Cc1cc(Br)c2ncc(Br)c(Cl)c2c1. The van der Waals surface area contributed by atoms with Crippen molar-refractivity contribution in [2.24, 2.45) is 0 Å². The number of aryl methyl sites for hydroxylation is 1. The van der Waals surface area contributed by atoms with Gasteiger partial charge in [0.2, 0.25) is 0 Å². The second-order valence-electron chi connectivity index (χ2n) is 3.06. The van der Waals surface area contributed by atoms with E-state index in [2.05, 4.69) is 36.8 Å². The molecule has 0 aliphatic carbocycles. The second-order valence-corrected chi connectivity index (χ2v) is 5.15. The average Bonchev–Trinajstić information content (AvgIpc) is 2.12. The molecule has 14 heavy (non-hydrogen) atoms. The lowest BCUT2D eigenvalue weighted by Crippen LogP contribution is -1.84. The monoisotopic (exact) mass is 333 g/mol. The highest BCUT2D eigenvalue weighted by Gasteiger charge is 2.07. The summed E-state index contributed by atoms with van der Waals surface area (Å²) in [5.74, 6) is 0. The van der Waals surface area contributed by atoms with Crippen molar-refractivity contribution in [3.8, 4) is 0 Å². The highest BCUT2D eigenvalue weighted by Crippen LogP contribution is 2.33. The predicted molar refractivity (Wildman–Crippen MR) is 66.9 cm³/mol. The summed E-state index contributed by atoms with van der Waals surface area (Å²) in [6.45, 7) is 2.03. The minimum absolute atomic E-state index is 0.708. The Bertz CT molecular complexity index is 511. The summed E-state index contributed by atoms with van der Waals surface area (Å²) in [6, 6.07) is 4.06. The molecule has 1 heterocycles. The van der Waals surface area contributed by atoms with Gasteiger partial charge >= 0.3 is 0 Å². The quantitative estimate of drug-likeness (QED) is 0.679. The molecule has 0 unspecified atom stereocenters. The Labute approximate surface area is 104 Å². The van der Waals surface area contributed by atoms with Crippen LogP contribution in [-0.2, 0) is 0 Å². The summed E-state index contributed by atoms with van der Waals surface area (Å²) in [7, 11) is 0. The molecule has 0 atom stereocenters. The van der Waals surface area contributed by atoms with Gasteiger partial charge in [-0.2, -0.15) is 0 Å². The number of aromatic nitrogens is 1. The molecule has 0 amide bonds. The van der Waals surface area contributed by atoms with Crippen molar-refractivity contribution in [3.05, 3.63) is 37.9 Å². The summed E-state index contributed by atoms with van der Waals surface area (Å²) < 4.78 is 1.80. The van der Waals surface area contributed by atoms with E-state index in [0.29, 0.717) is 5.02 Å². The van der Waals surface area contributed by atoms with Crippen LogP contribution in [0.15, 0.2) is 27.3 Å². The van der Waals surface area contributed by atoms with E-state index in [0.717, 1.165) is 25.4 Å². The number of benzene rings is 1. The Morgan fingerprint density at radius 2 is 1.93 bits per heavy atom. The zero-order valence-corrected chi connectivity index (χ0v) is 11.2. The molecule has 2 aromatic rings. The molecule has 0 aliphatic rings. The van der Waals surface area contributed by atoms with Crippen molar-refractivity contribution in [1.82, 2.24) is 4.98 Å². The van der Waals surface area contributed by atoms with Gasteiger partial charge < -0.3 is 0 Å². The smallest absolute Gasteiger partial charge is 0.0859 e. The lowest BCUT2D eigenvalue weighted by Gasteiger charge is -2.05. The first-order chi connectivity index (χ1) is 6.59. The topological polar surface area (TPSA) is 12.9 Å². The lowest BCUT2D eigenvalue weighted by molar-refractivity contribution is 1.36. The first-order valence-corrected chi connectivity index (χ1v) is 5.96. The van der Waals surface area contributed by atoms with E-state index in [1.54, 1.807) is 6.20 Å². The molecule has 0 bridgehead atoms.